The van der Waals surface area contributed by atoms with Gasteiger partial charge in [-0.1, -0.05) is 61.5 Å². The van der Waals surface area contributed by atoms with E-state index in [4.69, 9.17) is 23.7 Å². The molecule has 0 bridgehead atoms. The van der Waals surface area contributed by atoms with E-state index in [0.29, 0.717) is 57.8 Å². The minimum Gasteiger partial charge on any atom is -0.481 e. The molecule has 4 fully saturated rings. The van der Waals surface area contributed by atoms with E-state index >= 15 is 0 Å². The second-order valence-corrected chi connectivity index (χ2v) is 18.6. The van der Waals surface area contributed by atoms with Crippen molar-refractivity contribution in [3.05, 3.63) is 12.2 Å². The van der Waals surface area contributed by atoms with Gasteiger partial charge < -0.3 is 44.3 Å². The van der Waals surface area contributed by atoms with Gasteiger partial charge in [-0.25, -0.2) is 0 Å². The van der Waals surface area contributed by atoms with Crippen molar-refractivity contribution >= 4 is 17.7 Å². The quantitative estimate of drug-likeness (QED) is 0.153. The number of carbonyl (C=O) groups is 3. The predicted octanol–water partition coefficient (Wildman–Crippen LogP) is 6.33. The maximum Gasteiger partial charge on any atom is 0.309 e. The number of carboxylic acid groups (broad SMARTS) is 1. The number of Topliss-reactive ketones (excluding diaryl/α,β-unsaturated/α-hetero) is 1. The van der Waals surface area contributed by atoms with Gasteiger partial charge in [0.05, 0.1) is 53.7 Å². The van der Waals surface area contributed by atoms with Gasteiger partial charge in [-0.15, -0.1) is 0 Å². The summed E-state index contributed by atoms with van der Waals surface area (Å²) in [5, 5.41) is 35.8. The molecule has 5 rings (SSSR count). The van der Waals surface area contributed by atoms with Crippen LogP contribution in [0.1, 0.15) is 140 Å². The van der Waals surface area contributed by atoms with E-state index in [-0.39, 0.29) is 80.5 Å². The summed E-state index contributed by atoms with van der Waals surface area (Å²) >= 11 is 0. The summed E-state index contributed by atoms with van der Waals surface area (Å²) in [6.45, 7) is 21.1. The second-order valence-electron chi connectivity index (χ2n) is 18.6. The molecule has 4 N–H and O–H groups in total. The fourth-order valence-corrected chi connectivity index (χ4v) is 10.9. The summed E-state index contributed by atoms with van der Waals surface area (Å²) in [7, 11) is 0. The van der Waals surface area contributed by atoms with Crippen LogP contribution in [0.3, 0.4) is 0 Å². The molecule has 323 valence electrons. The second kappa shape index (κ2) is 19.1. The van der Waals surface area contributed by atoms with E-state index in [2.05, 4.69) is 26.1 Å². The van der Waals surface area contributed by atoms with Crippen molar-refractivity contribution in [3.8, 4) is 0 Å². The molecular formula is C44H73NO11Y. The fraction of sp³-hybridized carbons (Fsp3) is 0.886. The molecule has 0 aliphatic carbocycles. The van der Waals surface area contributed by atoms with E-state index in [9.17, 15) is 29.7 Å². The van der Waals surface area contributed by atoms with Crippen LogP contribution in [-0.4, -0.2) is 98.4 Å². The summed E-state index contributed by atoms with van der Waals surface area (Å²) < 4.78 is 34.1. The van der Waals surface area contributed by atoms with Crippen LogP contribution in [0.4, 0.5) is 0 Å². The Kier molecular flexibility index (Phi) is 16.3. The smallest absolute Gasteiger partial charge is 0.309 e. The van der Waals surface area contributed by atoms with Crippen LogP contribution in [0.25, 0.3) is 0 Å². The van der Waals surface area contributed by atoms with Gasteiger partial charge in [0.1, 0.15) is 11.8 Å². The molecule has 0 aromatic heterocycles. The van der Waals surface area contributed by atoms with Crippen LogP contribution in [0.5, 0.6) is 0 Å². The molecular weight excluding hydrogens is 807 g/mol. The number of rotatable bonds is 13. The zero-order valence-electron chi connectivity index (χ0n) is 36.5. The minimum atomic E-state index is -1.27. The van der Waals surface area contributed by atoms with Crippen LogP contribution in [0.2, 0.25) is 0 Å². The number of aliphatic carboxylic acids is 1. The molecule has 12 nitrogen and oxygen atoms in total. The molecule has 18 atom stereocenters. The zero-order valence-corrected chi connectivity index (χ0v) is 39.3. The summed E-state index contributed by atoms with van der Waals surface area (Å²) in [6, 6.07) is -0.595. The first-order valence-electron chi connectivity index (χ1n) is 21.7. The number of hydrogen-bond donors (Lipinski definition) is 4. The van der Waals surface area contributed by atoms with Gasteiger partial charge in [0.15, 0.2) is 11.6 Å². The Bertz CT molecular complexity index is 1450. The fourth-order valence-electron chi connectivity index (χ4n) is 10.9. The summed E-state index contributed by atoms with van der Waals surface area (Å²) in [4.78, 5) is 39.0. The van der Waals surface area contributed by atoms with Gasteiger partial charge >= 0.3 is 5.97 Å². The third-order valence-electron chi connectivity index (χ3n) is 14.8. The number of aliphatic hydroxyl groups is 2. The molecule has 57 heavy (non-hydrogen) atoms. The number of carboxylic acids is 1. The largest absolute Gasteiger partial charge is 0.481 e. The van der Waals surface area contributed by atoms with Gasteiger partial charge in [-0.3, -0.25) is 14.4 Å². The van der Waals surface area contributed by atoms with Crippen molar-refractivity contribution in [2.75, 3.05) is 0 Å². The Morgan fingerprint density at radius 1 is 0.895 bits per heavy atom. The molecule has 1 unspecified atom stereocenters. The molecule has 5 aliphatic rings. The zero-order chi connectivity index (χ0) is 41.5. The number of carbonyl (C=O) groups excluding carboxylic acids is 2. The number of ether oxygens (including phenoxy) is 5. The molecule has 13 heteroatoms. The maximum atomic E-state index is 14.5. The standard InChI is InChI=1S/C44H73NO11.Y/c1-12-31(40(49)50)33-16-15-24(4)38(53-33)28(8)36(47)27(7)37(48)32(13-2)39-25(5)23-26(6)43(54-39)20-17-34(45-30(10)46)44(56-43)22-21-41(11,55-44)35-18-19-42(51,14-3)29(9)52-35;/h17,20,24-29,31-36,38-39,47,51H,12-16,18-19,21-23H2,1-11H3,(H,45,46)(H,49,50);/t24?,25-,26+,27-,28-,29-,31+,32-,33+,34+,35+,36+,38+,39-,41-,42+,43-,44-;/m0./s1. The molecule has 4 saturated heterocycles. The number of ketones is 1. The van der Waals surface area contributed by atoms with Crippen LogP contribution < -0.4 is 5.32 Å². The van der Waals surface area contributed by atoms with Gasteiger partial charge in [0.25, 0.3) is 0 Å². The Hall–Kier alpha value is -0.826. The normalized spacial score (nSPS) is 43.4. The molecule has 1 radical (unpaired) electrons. The third-order valence-corrected chi connectivity index (χ3v) is 14.8. The molecule has 1 amide bonds. The third kappa shape index (κ3) is 9.65. The van der Waals surface area contributed by atoms with Crippen LogP contribution in [-0.2, 0) is 70.8 Å². The van der Waals surface area contributed by atoms with Crippen LogP contribution >= 0.6 is 0 Å². The molecule has 2 spiro atoms. The van der Waals surface area contributed by atoms with Crippen molar-refractivity contribution in [1.29, 1.82) is 0 Å². The van der Waals surface area contributed by atoms with E-state index in [1.807, 2.05) is 53.7 Å². The summed E-state index contributed by atoms with van der Waals surface area (Å²) in [5.41, 5.74) is -1.65. The van der Waals surface area contributed by atoms with Crippen molar-refractivity contribution < 1.29 is 86.1 Å². The Balaban J connectivity index is 0.00000720. The topological polar surface area (TPSA) is 170 Å². The van der Waals surface area contributed by atoms with Crippen molar-refractivity contribution in [2.45, 2.75) is 206 Å². The van der Waals surface area contributed by atoms with E-state index in [1.54, 1.807) is 6.92 Å². The average molecular weight is 881 g/mol. The SMILES string of the molecule is CC[C@@H](C(=O)[C@@H](C)[C@@H](O)[C@H](C)[C@@H]1O[C@@H]([C@@H](CC)C(=O)O)CCC1C)[C@H]1O[C@]2(C=C[C@@H](NC(C)=O)[C@]3(CC[C@@](C)([C@H]4CC[C@](O)(CC)[C@H](C)O4)O3)O2)[C@H](C)C[C@@H]1C.[Y]. The van der Waals surface area contributed by atoms with Gasteiger partial charge in [0.2, 0.25) is 5.91 Å². The van der Waals surface area contributed by atoms with Crippen LogP contribution in [0.15, 0.2) is 12.2 Å². The minimum absolute atomic E-state index is 0. The number of hydrogen-bond acceptors (Lipinski definition) is 10. The van der Waals surface area contributed by atoms with Gasteiger partial charge in [-0.05, 0) is 89.5 Å². The van der Waals surface area contributed by atoms with Crippen molar-refractivity contribution in [1.82, 2.24) is 5.32 Å². The number of amides is 1. The number of nitrogens with one attached hydrogen (secondary N) is 1. The van der Waals surface area contributed by atoms with Gasteiger partial charge in [0, 0.05) is 69.7 Å². The first-order valence-corrected chi connectivity index (χ1v) is 21.7. The molecule has 0 aromatic carbocycles. The van der Waals surface area contributed by atoms with E-state index in [0.717, 1.165) is 6.42 Å². The molecule has 5 aliphatic heterocycles. The average Bonchev–Trinajstić information content (AvgIpc) is 3.49. The van der Waals surface area contributed by atoms with Crippen molar-refractivity contribution in [2.24, 2.45) is 41.4 Å². The maximum absolute atomic E-state index is 14.5. The molecule has 0 aromatic rings. The van der Waals surface area contributed by atoms with Crippen molar-refractivity contribution in [3.63, 3.8) is 0 Å². The van der Waals surface area contributed by atoms with E-state index < -0.39 is 76.8 Å². The summed E-state index contributed by atoms with van der Waals surface area (Å²) in [6.07, 6.45) is 6.79. The first kappa shape index (κ1) is 48.8. The first-order chi connectivity index (χ1) is 26.2. The number of aliphatic hydroxyl groups excluding tert-OH is 1. The van der Waals surface area contributed by atoms with E-state index in [1.165, 1.54) is 6.92 Å². The Labute approximate surface area is 366 Å². The van der Waals surface area contributed by atoms with Gasteiger partial charge in [-0.2, -0.15) is 0 Å². The van der Waals surface area contributed by atoms with Crippen LogP contribution in [0, 0.1) is 41.4 Å². The molecule has 5 heterocycles. The Morgan fingerprint density at radius 3 is 2.14 bits per heavy atom. The summed E-state index contributed by atoms with van der Waals surface area (Å²) in [5.74, 6) is -5.98. The Morgan fingerprint density at radius 2 is 1.56 bits per heavy atom. The monoisotopic (exact) mass is 880 g/mol. The predicted molar refractivity (Wildman–Crippen MR) is 210 cm³/mol. The molecule has 0 saturated carbocycles.